The van der Waals surface area contributed by atoms with E-state index in [4.69, 9.17) is 0 Å². The molecule has 4 rings (SSSR count). The number of ether oxygens (including phenoxy) is 1. The van der Waals surface area contributed by atoms with E-state index in [0.29, 0.717) is 29.9 Å². The maximum Gasteiger partial charge on any atom is 0.573 e. The van der Waals surface area contributed by atoms with Crippen molar-refractivity contribution >= 4 is 5.91 Å². The van der Waals surface area contributed by atoms with E-state index in [9.17, 15) is 18.0 Å². The van der Waals surface area contributed by atoms with Gasteiger partial charge in [-0.05, 0) is 36.9 Å². The molecule has 0 spiro atoms. The molecule has 2 heterocycles. The molecule has 6 nitrogen and oxygen atoms in total. The van der Waals surface area contributed by atoms with Crippen LogP contribution in [0.5, 0.6) is 5.75 Å². The molecule has 1 aliphatic carbocycles. The number of carbonyl (C=O) groups excluding carboxylic acids is 1. The van der Waals surface area contributed by atoms with E-state index >= 15 is 0 Å². The van der Waals surface area contributed by atoms with Gasteiger partial charge in [-0.2, -0.15) is 0 Å². The Kier molecular flexibility index (Phi) is 4.78. The number of benzene rings is 1. The summed E-state index contributed by atoms with van der Waals surface area (Å²) in [7, 11) is 1.76. The summed E-state index contributed by atoms with van der Waals surface area (Å²) < 4.78 is 44.0. The highest BCUT2D eigenvalue weighted by molar-refractivity contribution is 5.92. The third-order valence-electron chi connectivity index (χ3n) is 5.47. The average molecular weight is 394 g/mol. The zero-order valence-electron chi connectivity index (χ0n) is 15.3. The van der Waals surface area contributed by atoms with Crippen LogP contribution in [0.15, 0.2) is 36.8 Å². The van der Waals surface area contributed by atoms with Crippen molar-refractivity contribution in [2.24, 2.45) is 24.8 Å². The molecular formula is C19H21F3N4O2. The first-order chi connectivity index (χ1) is 13.3. The van der Waals surface area contributed by atoms with Gasteiger partial charge < -0.3 is 19.5 Å². The van der Waals surface area contributed by atoms with Crippen LogP contribution in [0, 0.1) is 17.8 Å². The molecule has 1 aromatic heterocycles. The van der Waals surface area contributed by atoms with Crippen molar-refractivity contribution in [3.63, 3.8) is 0 Å². The monoisotopic (exact) mass is 394 g/mol. The van der Waals surface area contributed by atoms with Crippen molar-refractivity contribution < 1.29 is 22.7 Å². The predicted octanol–water partition coefficient (Wildman–Crippen LogP) is 2.43. The number of aromatic nitrogens is 2. The maximum absolute atomic E-state index is 13.0. The molecule has 1 saturated carbocycles. The molecule has 9 heteroatoms. The number of alkyl halides is 3. The molecule has 0 bridgehead atoms. The summed E-state index contributed by atoms with van der Waals surface area (Å²) in [5, 5.41) is 3.31. The minimum Gasteiger partial charge on any atom is -0.405 e. The van der Waals surface area contributed by atoms with Gasteiger partial charge in [0.2, 0.25) is 0 Å². The zero-order chi connectivity index (χ0) is 19.9. The Balaban J connectivity index is 1.56. The van der Waals surface area contributed by atoms with Gasteiger partial charge in [-0.15, -0.1) is 13.2 Å². The molecule has 28 heavy (non-hydrogen) atoms. The van der Waals surface area contributed by atoms with Crippen LogP contribution >= 0.6 is 0 Å². The van der Waals surface area contributed by atoms with E-state index < -0.39 is 6.36 Å². The number of halogens is 3. The number of aryl methyl sites for hydroxylation is 1. The number of hydrogen-bond donors (Lipinski definition) is 1. The van der Waals surface area contributed by atoms with Gasteiger partial charge in [-0.1, -0.05) is 18.2 Å². The molecule has 2 aliphatic rings. The third-order valence-corrected chi connectivity index (χ3v) is 5.47. The standard InChI is InChI=1S/C19H21F3N4O2/c1-25-10-16(24-11-25)18(27)26(9-15-13-6-23-7-14(13)15)8-12-4-2-3-5-17(12)28-19(20,21)22/h2-5,10-11,13-15,23H,6-9H2,1H3. The number of carbonyl (C=O) groups is 1. The Hall–Kier alpha value is -2.55. The molecule has 2 fully saturated rings. The topological polar surface area (TPSA) is 59.4 Å². The quantitative estimate of drug-likeness (QED) is 0.818. The van der Waals surface area contributed by atoms with Crippen LogP contribution in [-0.2, 0) is 13.6 Å². The van der Waals surface area contributed by atoms with Gasteiger partial charge in [0.15, 0.2) is 0 Å². The summed E-state index contributed by atoms with van der Waals surface area (Å²) in [6.07, 6.45) is -1.64. The van der Waals surface area contributed by atoms with Gasteiger partial charge in [0.1, 0.15) is 11.4 Å². The molecule has 1 aliphatic heterocycles. The third kappa shape index (κ3) is 3.99. The van der Waals surface area contributed by atoms with E-state index in [1.165, 1.54) is 18.5 Å². The fraction of sp³-hybridized carbons (Fsp3) is 0.474. The first kappa shape index (κ1) is 18.8. The lowest BCUT2D eigenvalue weighted by molar-refractivity contribution is -0.275. The summed E-state index contributed by atoms with van der Waals surface area (Å²) in [6.45, 7) is 2.38. The van der Waals surface area contributed by atoms with E-state index in [-0.39, 0.29) is 23.9 Å². The Morgan fingerprint density at radius 1 is 1.32 bits per heavy atom. The first-order valence-corrected chi connectivity index (χ1v) is 9.13. The first-order valence-electron chi connectivity index (χ1n) is 9.13. The Morgan fingerprint density at radius 3 is 2.68 bits per heavy atom. The normalized spacial score (nSPS) is 23.4. The zero-order valence-corrected chi connectivity index (χ0v) is 15.3. The van der Waals surface area contributed by atoms with Gasteiger partial charge in [-0.25, -0.2) is 4.98 Å². The fourth-order valence-corrected chi connectivity index (χ4v) is 4.04. The molecule has 1 saturated heterocycles. The smallest absolute Gasteiger partial charge is 0.405 e. The van der Waals surface area contributed by atoms with E-state index in [1.807, 2.05) is 0 Å². The molecule has 1 aromatic carbocycles. The molecule has 150 valence electrons. The summed E-state index contributed by atoms with van der Waals surface area (Å²) in [4.78, 5) is 18.7. The van der Waals surface area contributed by atoms with Gasteiger partial charge in [-0.3, -0.25) is 4.79 Å². The molecule has 2 atom stereocenters. The number of fused-ring (bicyclic) bond motifs is 1. The molecular weight excluding hydrogens is 373 g/mol. The number of hydrogen-bond acceptors (Lipinski definition) is 4. The lowest BCUT2D eigenvalue weighted by Crippen LogP contribution is -2.35. The highest BCUT2D eigenvalue weighted by atomic mass is 19.4. The average Bonchev–Trinajstić information content (AvgIpc) is 3.01. The number of nitrogens with one attached hydrogen (secondary N) is 1. The van der Waals surface area contributed by atoms with Gasteiger partial charge in [0.25, 0.3) is 5.91 Å². The number of nitrogens with zero attached hydrogens (tertiary/aromatic N) is 3. The van der Waals surface area contributed by atoms with Crippen LogP contribution in [0.3, 0.4) is 0 Å². The number of amides is 1. The SMILES string of the molecule is Cn1cnc(C(=O)N(Cc2ccccc2OC(F)(F)F)CC2C3CNCC32)c1. The summed E-state index contributed by atoms with van der Waals surface area (Å²) in [5.74, 6) is 0.845. The minimum absolute atomic E-state index is 0.0328. The van der Waals surface area contributed by atoms with Crippen molar-refractivity contribution in [3.8, 4) is 5.75 Å². The van der Waals surface area contributed by atoms with Crippen LogP contribution in [0.1, 0.15) is 16.1 Å². The van der Waals surface area contributed by atoms with Crippen LogP contribution in [-0.4, -0.2) is 46.4 Å². The van der Waals surface area contributed by atoms with E-state index in [1.54, 1.807) is 34.8 Å². The van der Waals surface area contributed by atoms with Gasteiger partial charge in [0, 0.05) is 31.9 Å². The largest absolute Gasteiger partial charge is 0.573 e. The van der Waals surface area contributed by atoms with Crippen molar-refractivity contribution in [2.75, 3.05) is 19.6 Å². The molecule has 0 radical (unpaired) electrons. The summed E-state index contributed by atoms with van der Waals surface area (Å²) >= 11 is 0. The van der Waals surface area contributed by atoms with Crippen LogP contribution in [0.2, 0.25) is 0 Å². The second-order valence-electron chi connectivity index (χ2n) is 7.42. The molecule has 2 aromatic rings. The Labute approximate surface area is 160 Å². The second-order valence-corrected chi connectivity index (χ2v) is 7.42. The second kappa shape index (κ2) is 7.12. The molecule has 2 unspecified atom stereocenters. The van der Waals surface area contributed by atoms with Crippen LogP contribution in [0.25, 0.3) is 0 Å². The number of rotatable bonds is 6. The van der Waals surface area contributed by atoms with Crippen LogP contribution < -0.4 is 10.1 Å². The lowest BCUT2D eigenvalue weighted by Gasteiger charge is -2.24. The predicted molar refractivity (Wildman–Crippen MR) is 94.4 cm³/mol. The molecule has 1 N–H and O–H groups in total. The minimum atomic E-state index is -4.79. The van der Waals surface area contributed by atoms with Crippen LogP contribution in [0.4, 0.5) is 13.2 Å². The number of para-hydroxylation sites is 1. The van der Waals surface area contributed by atoms with Crippen molar-refractivity contribution in [2.45, 2.75) is 12.9 Å². The van der Waals surface area contributed by atoms with Crippen molar-refractivity contribution in [1.29, 1.82) is 0 Å². The van der Waals surface area contributed by atoms with Crippen molar-refractivity contribution in [1.82, 2.24) is 19.8 Å². The summed E-state index contributed by atoms with van der Waals surface area (Å²) in [6, 6.07) is 5.93. The highest BCUT2D eigenvalue weighted by Crippen LogP contribution is 2.49. The molecule has 1 amide bonds. The van der Waals surface area contributed by atoms with Gasteiger partial charge in [0.05, 0.1) is 6.33 Å². The fourth-order valence-electron chi connectivity index (χ4n) is 4.04. The van der Waals surface area contributed by atoms with E-state index in [0.717, 1.165) is 13.1 Å². The maximum atomic E-state index is 13.0. The van der Waals surface area contributed by atoms with E-state index in [2.05, 4.69) is 15.0 Å². The Morgan fingerprint density at radius 2 is 2.04 bits per heavy atom. The Bertz CT molecular complexity index is 857. The van der Waals surface area contributed by atoms with Gasteiger partial charge >= 0.3 is 6.36 Å². The number of piperidine rings is 1. The lowest BCUT2D eigenvalue weighted by atomic mass is 10.1. The summed E-state index contributed by atoms with van der Waals surface area (Å²) in [5.41, 5.74) is 0.591. The van der Waals surface area contributed by atoms with Crippen molar-refractivity contribution in [3.05, 3.63) is 48.0 Å². The number of imidazole rings is 1. The highest BCUT2D eigenvalue weighted by Gasteiger charge is 2.53.